The van der Waals surface area contributed by atoms with Crippen molar-refractivity contribution in [2.75, 3.05) is 5.32 Å². The van der Waals surface area contributed by atoms with E-state index < -0.39 is 0 Å². The van der Waals surface area contributed by atoms with Gasteiger partial charge in [-0.1, -0.05) is 35.2 Å². The molecule has 146 valence electrons. The summed E-state index contributed by atoms with van der Waals surface area (Å²) in [4.78, 5) is 27.7. The molecule has 1 aromatic carbocycles. The van der Waals surface area contributed by atoms with Crippen molar-refractivity contribution in [1.82, 2.24) is 15.2 Å². The van der Waals surface area contributed by atoms with Crippen LogP contribution in [0.2, 0.25) is 0 Å². The molecular weight excluding hydrogens is 392 g/mol. The number of rotatable bonds is 7. The molecule has 1 unspecified atom stereocenters. The van der Waals surface area contributed by atoms with Gasteiger partial charge in [0.15, 0.2) is 15.9 Å². The van der Waals surface area contributed by atoms with Gasteiger partial charge in [0.05, 0.1) is 10.9 Å². The smallest absolute Gasteiger partial charge is 0.210 e. The number of carbonyl (C=O) groups is 2. The van der Waals surface area contributed by atoms with Crippen LogP contribution in [0.15, 0.2) is 28.6 Å². The highest BCUT2D eigenvalue weighted by Gasteiger charge is 2.25. The fourth-order valence-electron chi connectivity index (χ4n) is 3.09. The maximum Gasteiger partial charge on any atom is 0.210 e. The maximum atomic E-state index is 12.9. The lowest BCUT2D eigenvalue weighted by Crippen LogP contribution is -2.15. The first-order chi connectivity index (χ1) is 13.3. The van der Waals surface area contributed by atoms with Crippen LogP contribution < -0.4 is 5.32 Å². The molecule has 8 heteroatoms. The largest absolute Gasteiger partial charge is 0.355 e. The van der Waals surface area contributed by atoms with Gasteiger partial charge in [-0.3, -0.25) is 9.59 Å². The molecule has 0 bridgehead atoms. The molecule has 0 aliphatic heterocycles. The Kier molecular flexibility index (Phi) is 6.00. The number of nitrogens with zero attached hydrogens (tertiary/aromatic N) is 2. The summed E-state index contributed by atoms with van der Waals surface area (Å²) in [5.41, 5.74) is 4.63. The van der Waals surface area contributed by atoms with E-state index in [1.807, 2.05) is 45.0 Å². The molecule has 3 aromatic rings. The minimum Gasteiger partial charge on any atom is -0.355 e. The molecule has 0 spiro atoms. The van der Waals surface area contributed by atoms with E-state index in [1.165, 1.54) is 30.0 Å². The molecule has 1 atom stereocenters. The van der Waals surface area contributed by atoms with Crippen molar-refractivity contribution >= 4 is 45.5 Å². The van der Waals surface area contributed by atoms with Crippen LogP contribution in [0.1, 0.15) is 51.5 Å². The minimum atomic E-state index is -0.351. The van der Waals surface area contributed by atoms with E-state index >= 15 is 0 Å². The molecule has 0 fully saturated rings. The molecule has 0 saturated carbocycles. The van der Waals surface area contributed by atoms with E-state index in [9.17, 15) is 9.59 Å². The van der Waals surface area contributed by atoms with Crippen LogP contribution in [0.25, 0.3) is 0 Å². The molecule has 3 rings (SSSR count). The van der Waals surface area contributed by atoms with Crippen LogP contribution in [0.4, 0.5) is 10.8 Å². The van der Waals surface area contributed by atoms with E-state index in [1.54, 1.807) is 6.92 Å². The Morgan fingerprint density at radius 3 is 2.61 bits per heavy atom. The number of carbonyl (C=O) groups excluding carboxylic acids is 2. The Labute approximate surface area is 172 Å². The Morgan fingerprint density at radius 2 is 1.96 bits per heavy atom. The summed E-state index contributed by atoms with van der Waals surface area (Å²) in [5, 5.41) is 11.9. The standard InChI is InChI=1S/C20H22N4O2S2/c1-10-7-6-8-15(9-10)22-19-23-24-20(28-19)27-14(5)18(26)17-11(2)16(13(4)25)12(3)21-17/h6-9,14,21H,1-5H3,(H,22,23). The number of aromatic amines is 1. The number of nitrogens with one attached hydrogen (secondary N) is 2. The zero-order valence-electron chi connectivity index (χ0n) is 16.4. The zero-order valence-corrected chi connectivity index (χ0v) is 18.0. The first-order valence-corrected chi connectivity index (χ1v) is 10.5. The topological polar surface area (TPSA) is 87.7 Å². The number of H-pyrrole nitrogens is 1. The first-order valence-electron chi connectivity index (χ1n) is 8.84. The van der Waals surface area contributed by atoms with Crippen molar-refractivity contribution < 1.29 is 9.59 Å². The summed E-state index contributed by atoms with van der Waals surface area (Å²) >= 11 is 2.77. The van der Waals surface area contributed by atoms with Gasteiger partial charge in [0.2, 0.25) is 5.13 Å². The molecule has 0 radical (unpaired) electrons. The number of Topliss-reactive ketones (excluding diaryl/α,β-unsaturated/α-hetero) is 2. The molecule has 0 aliphatic rings. The minimum absolute atomic E-state index is 0.0402. The van der Waals surface area contributed by atoms with Gasteiger partial charge in [-0.05, 0) is 57.9 Å². The van der Waals surface area contributed by atoms with Gasteiger partial charge >= 0.3 is 0 Å². The summed E-state index contributed by atoms with van der Waals surface area (Å²) < 4.78 is 0.712. The number of hydrogen-bond donors (Lipinski definition) is 2. The van der Waals surface area contributed by atoms with Crippen molar-refractivity contribution in [2.45, 2.75) is 44.2 Å². The normalized spacial score (nSPS) is 12.0. The van der Waals surface area contributed by atoms with Crippen molar-refractivity contribution in [3.63, 3.8) is 0 Å². The Hall–Kier alpha value is -2.45. The van der Waals surface area contributed by atoms with Gasteiger partial charge in [-0.2, -0.15) is 0 Å². The molecule has 0 aliphatic carbocycles. The van der Waals surface area contributed by atoms with E-state index in [4.69, 9.17) is 0 Å². The summed E-state index contributed by atoms with van der Waals surface area (Å²) in [6, 6.07) is 8.01. The van der Waals surface area contributed by atoms with Crippen LogP contribution >= 0.6 is 23.1 Å². The van der Waals surface area contributed by atoms with Crippen molar-refractivity contribution in [3.8, 4) is 0 Å². The number of thioether (sulfide) groups is 1. The Bertz CT molecular complexity index is 1040. The van der Waals surface area contributed by atoms with Crippen LogP contribution in [0, 0.1) is 20.8 Å². The van der Waals surface area contributed by atoms with Gasteiger partial charge in [0.1, 0.15) is 0 Å². The molecule has 2 heterocycles. The van der Waals surface area contributed by atoms with Gasteiger partial charge in [0, 0.05) is 16.9 Å². The van der Waals surface area contributed by atoms with Gasteiger partial charge in [-0.15, -0.1) is 10.2 Å². The number of aryl methyl sites for hydroxylation is 2. The number of hydrogen-bond acceptors (Lipinski definition) is 7. The fourth-order valence-corrected chi connectivity index (χ4v) is 5.06. The van der Waals surface area contributed by atoms with Crippen molar-refractivity contribution in [3.05, 3.63) is 52.3 Å². The lowest BCUT2D eigenvalue weighted by molar-refractivity contribution is 0.0988. The summed E-state index contributed by atoms with van der Waals surface area (Å²) in [5.74, 6) is -0.0944. The van der Waals surface area contributed by atoms with E-state index in [0.717, 1.165) is 16.9 Å². The number of anilines is 2. The highest BCUT2D eigenvalue weighted by molar-refractivity contribution is 8.02. The number of benzene rings is 1. The summed E-state index contributed by atoms with van der Waals surface area (Å²) in [6.07, 6.45) is 0. The lowest BCUT2D eigenvalue weighted by atomic mass is 10.0. The summed E-state index contributed by atoms with van der Waals surface area (Å²) in [7, 11) is 0. The number of aromatic nitrogens is 3. The van der Waals surface area contributed by atoms with E-state index in [-0.39, 0.29) is 16.8 Å². The fraction of sp³-hybridized carbons (Fsp3) is 0.300. The summed E-state index contributed by atoms with van der Waals surface area (Å²) in [6.45, 7) is 9.00. The lowest BCUT2D eigenvalue weighted by Gasteiger charge is -2.07. The average molecular weight is 415 g/mol. The third-order valence-corrected chi connectivity index (χ3v) is 6.38. The van der Waals surface area contributed by atoms with E-state index in [2.05, 4.69) is 20.5 Å². The molecule has 6 nitrogen and oxygen atoms in total. The highest BCUT2D eigenvalue weighted by atomic mass is 32.2. The Morgan fingerprint density at radius 1 is 1.21 bits per heavy atom. The van der Waals surface area contributed by atoms with Gasteiger partial charge in [0.25, 0.3) is 0 Å². The van der Waals surface area contributed by atoms with Crippen LogP contribution in [-0.2, 0) is 0 Å². The van der Waals surface area contributed by atoms with E-state index in [0.29, 0.717) is 26.3 Å². The SMILES string of the molecule is CC(=O)c1c(C)[nH]c(C(=O)C(C)Sc2nnc(Nc3cccc(C)c3)s2)c1C. The van der Waals surface area contributed by atoms with Crippen molar-refractivity contribution in [1.29, 1.82) is 0 Å². The molecular formula is C20H22N4O2S2. The van der Waals surface area contributed by atoms with Crippen LogP contribution in [-0.4, -0.2) is 32.0 Å². The third kappa shape index (κ3) is 4.34. The predicted molar refractivity (Wildman–Crippen MR) is 114 cm³/mol. The monoisotopic (exact) mass is 414 g/mol. The molecule has 0 amide bonds. The zero-order chi connectivity index (χ0) is 20.4. The molecule has 2 N–H and O–H groups in total. The quantitative estimate of drug-likeness (QED) is 0.413. The third-order valence-electron chi connectivity index (χ3n) is 4.36. The predicted octanol–water partition coefficient (Wildman–Crippen LogP) is 5.10. The first kappa shape index (κ1) is 20.3. The molecule has 2 aromatic heterocycles. The highest BCUT2D eigenvalue weighted by Crippen LogP contribution is 2.32. The molecule has 28 heavy (non-hydrogen) atoms. The Balaban J connectivity index is 1.71. The van der Waals surface area contributed by atoms with Crippen molar-refractivity contribution in [2.24, 2.45) is 0 Å². The van der Waals surface area contributed by atoms with Crippen LogP contribution in [0.5, 0.6) is 0 Å². The maximum absolute atomic E-state index is 12.9. The van der Waals surface area contributed by atoms with Gasteiger partial charge < -0.3 is 10.3 Å². The molecule has 0 saturated heterocycles. The average Bonchev–Trinajstić information content (AvgIpc) is 3.17. The second-order valence-electron chi connectivity index (χ2n) is 6.67. The number of ketones is 2. The van der Waals surface area contributed by atoms with Crippen LogP contribution in [0.3, 0.4) is 0 Å². The second kappa shape index (κ2) is 8.28. The second-order valence-corrected chi connectivity index (χ2v) is 9.24. The van der Waals surface area contributed by atoms with Gasteiger partial charge in [-0.25, -0.2) is 0 Å².